The van der Waals surface area contributed by atoms with Gasteiger partial charge in [0.15, 0.2) is 11.0 Å². The number of rotatable bonds is 7. The zero-order chi connectivity index (χ0) is 24.1. The van der Waals surface area contributed by atoms with Crippen molar-refractivity contribution in [3.63, 3.8) is 0 Å². The second-order valence-electron chi connectivity index (χ2n) is 7.48. The topological polar surface area (TPSA) is 88.9 Å². The summed E-state index contributed by atoms with van der Waals surface area (Å²) < 4.78 is 1.93. The molecule has 2 N–H and O–H groups in total. The summed E-state index contributed by atoms with van der Waals surface area (Å²) in [6.07, 6.45) is 0. The molecule has 0 unspecified atom stereocenters. The smallest absolute Gasteiger partial charge is 0.251 e. The molecule has 2 amide bonds. The highest BCUT2D eigenvalue weighted by Gasteiger charge is 2.18. The first-order chi connectivity index (χ1) is 16.4. The van der Waals surface area contributed by atoms with Gasteiger partial charge in [-0.3, -0.25) is 14.2 Å². The van der Waals surface area contributed by atoms with Crippen molar-refractivity contribution >= 4 is 40.9 Å². The van der Waals surface area contributed by atoms with Crippen LogP contribution in [0.4, 0.5) is 5.69 Å². The van der Waals surface area contributed by atoms with Gasteiger partial charge in [0, 0.05) is 34.6 Å². The molecule has 0 aliphatic rings. The third-order valence-electron chi connectivity index (χ3n) is 4.96. The molecule has 0 aliphatic heterocycles. The Balaban J connectivity index is 1.57. The Kier molecular flexibility index (Phi) is 7.30. The number of anilines is 1. The molecular weight excluding hydrogens is 470 g/mol. The predicted molar refractivity (Wildman–Crippen MR) is 136 cm³/mol. The zero-order valence-corrected chi connectivity index (χ0v) is 20.2. The fourth-order valence-corrected chi connectivity index (χ4v) is 4.24. The summed E-state index contributed by atoms with van der Waals surface area (Å²) in [5.74, 6) is 0.343. The number of hydrogen-bond acceptors (Lipinski definition) is 5. The molecule has 0 spiro atoms. The fourth-order valence-electron chi connectivity index (χ4n) is 3.36. The van der Waals surface area contributed by atoms with E-state index >= 15 is 0 Å². The number of carbonyl (C=O) groups is 2. The number of nitrogens with one attached hydrogen (secondary N) is 2. The maximum Gasteiger partial charge on any atom is 0.251 e. The molecule has 3 aromatic carbocycles. The van der Waals surface area contributed by atoms with Crippen molar-refractivity contribution in [1.29, 1.82) is 0 Å². The van der Waals surface area contributed by atoms with Gasteiger partial charge in [0.1, 0.15) is 0 Å². The molecule has 34 heavy (non-hydrogen) atoms. The fraction of sp³-hybridized carbons (Fsp3) is 0.120. The summed E-state index contributed by atoms with van der Waals surface area (Å²) in [5, 5.41) is 15.4. The van der Waals surface area contributed by atoms with Gasteiger partial charge in [0.05, 0.1) is 5.75 Å². The Morgan fingerprint density at radius 2 is 1.76 bits per heavy atom. The van der Waals surface area contributed by atoms with Gasteiger partial charge in [-0.2, -0.15) is 0 Å². The van der Waals surface area contributed by atoms with Crippen molar-refractivity contribution < 1.29 is 9.59 Å². The van der Waals surface area contributed by atoms with Gasteiger partial charge in [-0.05, 0) is 67.1 Å². The summed E-state index contributed by atoms with van der Waals surface area (Å²) in [7, 11) is 1.56. The molecule has 9 heteroatoms. The van der Waals surface area contributed by atoms with E-state index in [0.717, 1.165) is 16.8 Å². The lowest BCUT2D eigenvalue weighted by Gasteiger charge is -2.11. The highest BCUT2D eigenvalue weighted by Crippen LogP contribution is 2.29. The second kappa shape index (κ2) is 10.5. The average Bonchev–Trinajstić information content (AvgIpc) is 3.27. The van der Waals surface area contributed by atoms with Gasteiger partial charge >= 0.3 is 0 Å². The molecule has 0 bridgehead atoms. The SMILES string of the molecule is CNC(=O)c1cccc(NC(=O)CSc2nnc(-c3ccc(Cl)cc3)n2-c2cccc(C)c2)c1. The van der Waals surface area contributed by atoms with Crippen molar-refractivity contribution in [2.24, 2.45) is 0 Å². The number of hydrogen-bond donors (Lipinski definition) is 2. The third kappa shape index (κ3) is 5.47. The van der Waals surface area contributed by atoms with Crippen LogP contribution in [0, 0.1) is 6.92 Å². The number of benzene rings is 3. The van der Waals surface area contributed by atoms with Crippen molar-refractivity contribution in [2.45, 2.75) is 12.1 Å². The number of aryl methyl sites for hydroxylation is 1. The van der Waals surface area contributed by atoms with Crippen molar-refractivity contribution in [3.8, 4) is 17.1 Å². The van der Waals surface area contributed by atoms with E-state index in [9.17, 15) is 9.59 Å². The molecule has 4 rings (SSSR count). The van der Waals surface area contributed by atoms with E-state index in [-0.39, 0.29) is 17.6 Å². The Morgan fingerprint density at radius 3 is 2.50 bits per heavy atom. The summed E-state index contributed by atoms with van der Waals surface area (Å²) >= 11 is 7.34. The maximum absolute atomic E-state index is 12.6. The lowest BCUT2D eigenvalue weighted by atomic mass is 10.2. The van der Waals surface area contributed by atoms with Crippen LogP contribution in [0.1, 0.15) is 15.9 Å². The van der Waals surface area contributed by atoms with Crippen LogP contribution in [0.15, 0.2) is 78.0 Å². The molecule has 7 nitrogen and oxygen atoms in total. The van der Waals surface area contributed by atoms with Gasteiger partial charge in [0.25, 0.3) is 5.91 Å². The molecule has 1 heterocycles. The molecule has 172 valence electrons. The Morgan fingerprint density at radius 1 is 1.00 bits per heavy atom. The Labute approximate surface area is 206 Å². The minimum absolute atomic E-state index is 0.120. The molecule has 0 atom stereocenters. The van der Waals surface area contributed by atoms with Crippen LogP contribution in [0.3, 0.4) is 0 Å². The lowest BCUT2D eigenvalue weighted by Crippen LogP contribution is -2.19. The largest absolute Gasteiger partial charge is 0.355 e. The number of thioether (sulfide) groups is 1. The van der Waals surface area contributed by atoms with Crippen molar-refractivity contribution in [3.05, 3.63) is 88.9 Å². The van der Waals surface area contributed by atoms with Crippen LogP contribution in [0.5, 0.6) is 0 Å². The summed E-state index contributed by atoms with van der Waals surface area (Å²) in [6.45, 7) is 2.02. The monoisotopic (exact) mass is 491 g/mol. The van der Waals surface area contributed by atoms with E-state index in [2.05, 4.69) is 20.8 Å². The van der Waals surface area contributed by atoms with Gasteiger partial charge in [0.2, 0.25) is 5.91 Å². The Bertz CT molecular complexity index is 1340. The highest BCUT2D eigenvalue weighted by atomic mass is 35.5. The number of aromatic nitrogens is 3. The van der Waals surface area contributed by atoms with Crippen LogP contribution in [0.2, 0.25) is 5.02 Å². The summed E-state index contributed by atoms with van der Waals surface area (Å²) in [5.41, 5.74) is 3.88. The van der Waals surface area contributed by atoms with Gasteiger partial charge < -0.3 is 10.6 Å². The molecular formula is C25H22ClN5O2S. The van der Waals surface area contributed by atoms with E-state index in [4.69, 9.17) is 11.6 Å². The predicted octanol–water partition coefficient (Wildman–Crippen LogP) is 4.99. The van der Waals surface area contributed by atoms with E-state index < -0.39 is 0 Å². The molecule has 0 saturated carbocycles. The number of halogens is 1. The maximum atomic E-state index is 12.6. The minimum atomic E-state index is -0.217. The first-order valence-electron chi connectivity index (χ1n) is 10.5. The van der Waals surface area contributed by atoms with Crippen molar-refractivity contribution in [1.82, 2.24) is 20.1 Å². The first-order valence-corrected chi connectivity index (χ1v) is 11.8. The standard InChI is InChI=1S/C25H22ClN5O2S/c1-16-5-3-8-21(13-16)31-23(17-9-11-19(26)12-10-17)29-30-25(31)34-15-22(32)28-20-7-4-6-18(14-20)24(33)27-2/h3-14H,15H2,1-2H3,(H,27,33)(H,28,32). The lowest BCUT2D eigenvalue weighted by molar-refractivity contribution is -0.113. The van der Waals surface area contributed by atoms with Gasteiger partial charge in [-0.25, -0.2) is 0 Å². The first kappa shape index (κ1) is 23.5. The highest BCUT2D eigenvalue weighted by molar-refractivity contribution is 7.99. The quantitative estimate of drug-likeness (QED) is 0.356. The van der Waals surface area contributed by atoms with Gasteiger partial charge in [-0.15, -0.1) is 10.2 Å². The van der Waals surface area contributed by atoms with Crippen LogP contribution in [-0.2, 0) is 4.79 Å². The average molecular weight is 492 g/mol. The third-order valence-corrected chi connectivity index (χ3v) is 6.14. The zero-order valence-electron chi connectivity index (χ0n) is 18.6. The minimum Gasteiger partial charge on any atom is -0.355 e. The van der Waals surface area contributed by atoms with E-state index in [1.807, 2.05) is 47.9 Å². The Hall–Kier alpha value is -3.62. The normalized spacial score (nSPS) is 10.7. The summed E-state index contributed by atoms with van der Waals surface area (Å²) in [6, 6.07) is 22.2. The molecule has 0 radical (unpaired) electrons. The number of amides is 2. The van der Waals surface area contributed by atoms with Gasteiger partial charge in [-0.1, -0.05) is 41.6 Å². The number of carbonyl (C=O) groups excluding carboxylic acids is 2. The van der Waals surface area contributed by atoms with E-state index in [0.29, 0.717) is 27.3 Å². The molecule has 1 aromatic heterocycles. The molecule has 0 aliphatic carbocycles. The number of nitrogens with zero attached hydrogens (tertiary/aromatic N) is 3. The molecule has 4 aromatic rings. The van der Waals surface area contributed by atoms with Crippen LogP contribution >= 0.6 is 23.4 Å². The van der Waals surface area contributed by atoms with Crippen LogP contribution < -0.4 is 10.6 Å². The van der Waals surface area contributed by atoms with E-state index in [1.54, 1.807) is 43.4 Å². The second-order valence-corrected chi connectivity index (χ2v) is 8.86. The van der Waals surface area contributed by atoms with Crippen LogP contribution in [0.25, 0.3) is 17.1 Å². The van der Waals surface area contributed by atoms with Crippen LogP contribution in [-0.4, -0.2) is 39.4 Å². The summed E-state index contributed by atoms with van der Waals surface area (Å²) in [4.78, 5) is 24.5. The van der Waals surface area contributed by atoms with Crippen molar-refractivity contribution in [2.75, 3.05) is 18.1 Å². The molecule has 0 saturated heterocycles. The van der Waals surface area contributed by atoms with E-state index in [1.165, 1.54) is 11.8 Å². The molecule has 0 fully saturated rings.